The van der Waals surface area contributed by atoms with Gasteiger partial charge >= 0.3 is 0 Å². The third-order valence-corrected chi connectivity index (χ3v) is 3.68. The SMILES string of the molecule is CN(C)c1nc(Cl)nc(NC2CC(O)C2(C)C)n1. The molecule has 1 heterocycles. The fraction of sp³-hybridized carbons (Fsp3) is 0.727. The van der Waals surface area contributed by atoms with Gasteiger partial charge in [-0.3, -0.25) is 0 Å². The van der Waals surface area contributed by atoms with Crippen LogP contribution in [0.15, 0.2) is 0 Å². The molecule has 7 heteroatoms. The molecule has 1 aromatic heterocycles. The zero-order valence-electron chi connectivity index (χ0n) is 11.0. The molecular weight excluding hydrogens is 254 g/mol. The molecule has 0 spiro atoms. The average Bonchev–Trinajstić information content (AvgIpc) is 2.28. The average molecular weight is 272 g/mol. The lowest BCUT2D eigenvalue weighted by Gasteiger charge is -2.49. The van der Waals surface area contributed by atoms with Crippen LogP contribution < -0.4 is 10.2 Å². The summed E-state index contributed by atoms with van der Waals surface area (Å²) in [7, 11) is 3.68. The van der Waals surface area contributed by atoms with Gasteiger partial charge in [-0.2, -0.15) is 15.0 Å². The summed E-state index contributed by atoms with van der Waals surface area (Å²) in [5, 5.41) is 13.1. The highest BCUT2D eigenvalue weighted by atomic mass is 35.5. The molecule has 0 radical (unpaired) electrons. The Hall–Kier alpha value is -1.14. The van der Waals surface area contributed by atoms with Gasteiger partial charge in [0.1, 0.15) is 0 Å². The first-order valence-electron chi connectivity index (χ1n) is 5.84. The lowest BCUT2D eigenvalue weighted by Crippen LogP contribution is -2.57. The van der Waals surface area contributed by atoms with Crippen LogP contribution in [0.25, 0.3) is 0 Å². The van der Waals surface area contributed by atoms with Crippen LogP contribution in [0.5, 0.6) is 0 Å². The van der Waals surface area contributed by atoms with E-state index in [4.69, 9.17) is 11.6 Å². The molecule has 0 aromatic carbocycles. The normalized spacial score (nSPS) is 25.4. The van der Waals surface area contributed by atoms with Gasteiger partial charge in [-0.25, -0.2) is 0 Å². The minimum Gasteiger partial charge on any atom is -0.392 e. The molecule has 2 atom stereocenters. The standard InChI is InChI=1S/C11H18ClN5O/c1-11(2)6(5-7(11)18)13-9-14-8(12)15-10(16-9)17(3)4/h6-7,18H,5H2,1-4H3,(H,13,14,15,16). The molecule has 1 aliphatic rings. The van der Waals surface area contributed by atoms with Crippen molar-refractivity contribution in [3.63, 3.8) is 0 Å². The molecule has 1 aliphatic carbocycles. The maximum Gasteiger partial charge on any atom is 0.230 e. The zero-order chi connectivity index (χ0) is 13.5. The molecule has 2 unspecified atom stereocenters. The predicted molar refractivity (Wildman–Crippen MR) is 71.0 cm³/mol. The monoisotopic (exact) mass is 271 g/mol. The van der Waals surface area contributed by atoms with Gasteiger partial charge in [-0.15, -0.1) is 0 Å². The van der Waals surface area contributed by atoms with E-state index in [1.54, 1.807) is 4.90 Å². The van der Waals surface area contributed by atoms with Gasteiger partial charge < -0.3 is 15.3 Å². The van der Waals surface area contributed by atoms with Crippen LogP contribution in [0, 0.1) is 5.41 Å². The Labute approximate surface area is 111 Å². The van der Waals surface area contributed by atoms with Gasteiger partial charge in [0.15, 0.2) is 0 Å². The molecule has 0 bridgehead atoms. The topological polar surface area (TPSA) is 74.2 Å². The molecule has 0 saturated heterocycles. The number of nitrogens with zero attached hydrogens (tertiary/aromatic N) is 4. The highest BCUT2D eigenvalue weighted by Crippen LogP contribution is 2.41. The number of aliphatic hydroxyl groups excluding tert-OH is 1. The van der Waals surface area contributed by atoms with Gasteiger partial charge in [0.2, 0.25) is 17.2 Å². The maximum absolute atomic E-state index is 9.69. The van der Waals surface area contributed by atoms with Crippen molar-refractivity contribution in [3.05, 3.63) is 5.28 Å². The number of rotatable bonds is 3. The Morgan fingerprint density at radius 3 is 2.50 bits per heavy atom. The second-order valence-electron chi connectivity index (χ2n) is 5.39. The Morgan fingerprint density at radius 1 is 1.33 bits per heavy atom. The Kier molecular flexibility index (Phi) is 3.33. The first-order valence-corrected chi connectivity index (χ1v) is 6.22. The summed E-state index contributed by atoms with van der Waals surface area (Å²) in [6.45, 7) is 4.02. The van der Waals surface area contributed by atoms with Gasteiger partial charge in [-0.05, 0) is 18.0 Å². The van der Waals surface area contributed by atoms with E-state index in [9.17, 15) is 5.11 Å². The highest BCUT2D eigenvalue weighted by molar-refractivity contribution is 6.28. The van der Waals surface area contributed by atoms with E-state index in [-0.39, 0.29) is 22.8 Å². The number of halogens is 1. The first kappa shape index (κ1) is 13.3. The van der Waals surface area contributed by atoms with E-state index in [1.165, 1.54) is 0 Å². The second-order valence-corrected chi connectivity index (χ2v) is 5.73. The Morgan fingerprint density at radius 2 is 2.00 bits per heavy atom. The van der Waals surface area contributed by atoms with E-state index < -0.39 is 0 Å². The molecule has 18 heavy (non-hydrogen) atoms. The molecule has 6 nitrogen and oxygen atoms in total. The molecular formula is C11H18ClN5O. The van der Waals surface area contributed by atoms with Crippen molar-refractivity contribution in [2.45, 2.75) is 32.4 Å². The Bertz CT molecular complexity index is 451. The van der Waals surface area contributed by atoms with Crippen LogP contribution in [0.1, 0.15) is 20.3 Å². The van der Waals surface area contributed by atoms with E-state index in [0.717, 1.165) is 0 Å². The van der Waals surface area contributed by atoms with Crippen molar-refractivity contribution in [2.75, 3.05) is 24.3 Å². The molecule has 100 valence electrons. The molecule has 1 saturated carbocycles. The van der Waals surface area contributed by atoms with Crippen molar-refractivity contribution in [1.29, 1.82) is 0 Å². The Balaban J connectivity index is 2.15. The summed E-state index contributed by atoms with van der Waals surface area (Å²) in [5.41, 5.74) is -0.183. The van der Waals surface area contributed by atoms with Gasteiger partial charge in [0.05, 0.1) is 6.10 Å². The van der Waals surface area contributed by atoms with Crippen LogP contribution in [0.2, 0.25) is 5.28 Å². The predicted octanol–water partition coefficient (Wildman–Crippen LogP) is 1.16. The molecule has 0 aliphatic heterocycles. The fourth-order valence-corrected chi connectivity index (χ4v) is 2.06. The summed E-state index contributed by atoms with van der Waals surface area (Å²) in [4.78, 5) is 14.1. The van der Waals surface area contributed by atoms with E-state index in [0.29, 0.717) is 18.3 Å². The van der Waals surface area contributed by atoms with Gasteiger partial charge in [0.25, 0.3) is 0 Å². The zero-order valence-corrected chi connectivity index (χ0v) is 11.7. The fourth-order valence-electron chi connectivity index (χ4n) is 1.91. The third kappa shape index (κ3) is 2.35. The lowest BCUT2D eigenvalue weighted by molar-refractivity contribution is -0.0512. The number of aromatic nitrogens is 3. The van der Waals surface area contributed by atoms with Crippen LogP contribution >= 0.6 is 11.6 Å². The molecule has 1 fully saturated rings. The van der Waals surface area contributed by atoms with Crippen molar-refractivity contribution >= 4 is 23.5 Å². The van der Waals surface area contributed by atoms with E-state index in [1.807, 2.05) is 27.9 Å². The van der Waals surface area contributed by atoms with Crippen molar-refractivity contribution in [3.8, 4) is 0 Å². The van der Waals surface area contributed by atoms with Crippen LogP contribution in [-0.4, -0.2) is 46.3 Å². The quantitative estimate of drug-likeness (QED) is 0.859. The second kappa shape index (κ2) is 4.51. The number of anilines is 2. The van der Waals surface area contributed by atoms with Crippen molar-refractivity contribution < 1.29 is 5.11 Å². The smallest absolute Gasteiger partial charge is 0.230 e. The van der Waals surface area contributed by atoms with Crippen molar-refractivity contribution in [2.24, 2.45) is 5.41 Å². The van der Waals surface area contributed by atoms with Crippen LogP contribution in [0.4, 0.5) is 11.9 Å². The van der Waals surface area contributed by atoms with Gasteiger partial charge in [-0.1, -0.05) is 13.8 Å². The number of hydrogen-bond donors (Lipinski definition) is 2. The summed E-state index contributed by atoms with van der Waals surface area (Å²) in [5.74, 6) is 0.957. The number of aliphatic hydroxyl groups is 1. The van der Waals surface area contributed by atoms with Crippen LogP contribution in [0.3, 0.4) is 0 Å². The largest absolute Gasteiger partial charge is 0.392 e. The number of nitrogens with one attached hydrogen (secondary N) is 1. The minimum absolute atomic E-state index is 0.140. The molecule has 2 N–H and O–H groups in total. The summed E-state index contributed by atoms with van der Waals surface area (Å²) in [6.07, 6.45) is 0.397. The summed E-state index contributed by atoms with van der Waals surface area (Å²) < 4.78 is 0. The van der Waals surface area contributed by atoms with Gasteiger partial charge in [0, 0.05) is 25.6 Å². The highest BCUT2D eigenvalue weighted by Gasteiger charge is 2.47. The lowest BCUT2D eigenvalue weighted by atomic mass is 9.65. The third-order valence-electron chi connectivity index (χ3n) is 3.52. The van der Waals surface area contributed by atoms with E-state index in [2.05, 4.69) is 20.3 Å². The molecule has 0 amide bonds. The van der Waals surface area contributed by atoms with Crippen molar-refractivity contribution in [1.82, 2.24) is 15.0 Å². The molecule has 1 aromatic rings. The summed E-state index contributed by atoms with van der Waals surface area (Å²) >= 11 is 5.86. The maximum atomic E-state index is 9.69. The van der Waals surface area contributed by atoms with E-state index >= 15 is 0 Å². The molecule has 2 rings (SSSR count). The number of hydrogen-bond acceptors (Lipinski definition) is 6. The first-order chi connectivity index (χ1) is 8.30. The summed E-state index contributed by atoms with van der Waals surface area (Å²) in [6, 6.07) is 0.140. The van der Waals surface area contributed by atoms with Crippen LogP contribution in [-0.2, 0) is 0 Å². The minimum atomic E-state index is -0.291.